The van der Waals surface area contributed by atoms with Gasteiger partial charge in [-0.05, 0) is 18.4 Å². The van der Waals surface area contributed by atoms with Gasteiger partial charge in [-0.1, -0.05) is 36.4 Å². The Morgan fingerprint density at radius 2 is 2.05 bits per heavy atom. The van der Waals surface area contributed by atoms with Crippen LogP contribution in [0.1, 0.15) is 24.4 Å². The molecule has 1 rings (SSSR count). The van der Waals surface area contributed by atoms with Crippen molar-refractivity contribution in [2.24, 2.45) is 0 Å². The van der Waals surface area contributed by atoms with E-state index in [4.69, 9.17) is 0 Å². The minimum atomic E-state index is -1.08. The molecule has 0 aliphatic carbocycles. The van der Waals surface area contributed by atoms with E-state index in [0.717, 1.165) is 12.8 Å². The third-order valence-electron chi connectivity index (χ3n) is 2.90. The molecule has 0 aliphatic heterocycles. The fourth-order valence-corrected chi connectivity index (χ4v) is 1.74. The van der Waals surface area contributed by atoms with Crippen molar-refractivity contribution in [1.29, 1.82) is 0 Å². The van der Waals surface area contributed by atoms with Crippen molar-refractivity contribution in [3.8, 4) is 0 Å². The highest BCUT2D eigenvalue weighted by Gasteiger charge is 2.23. The van der Waals surface area contributed by atoms with Gasteiger partial charge in [-0.2, -0.15) is 0 Å². The van der Waals surface area contributed by atoms with Crippen LogP contribution in [0.15, 0.2) is 43.0 Å². The average Bonchev–Trinajstić information content (AvgIpc) is 2.45. The zero-order chi connectivity index (χ0) is 15.0. The standard InChI is InChI=1S/C15H20N2O3/c1-3-4-8-11-17(2)15(20)16-13(14(18)19)12-9-6-5-7-10-12/h3,5-7,9-10,13H,1,4,8,11H2,2H3,(H,16,20)(H,18,19). The first-order valence-corrected chi connectivity index (χ1v) is 6.46. The maximum Gasteiger partial charge on any atom is 0.330 e. The Morgan fingerprint density at radius 3 is 2.60 bits per heavy atom. The molecule has 0 saturated heterocycles. The number of aliphatic carboxylic acids is 1. The van der Waals surface area contributed by atoms with Gasteiger partial charge < -0.3 is 15.3 Å². The first kappa shape index (κ1) is 15.8. The Morgan fingerprint density at radius 1 is 1.40 bits per heavy atom. The average molecular weight is 276 g/mol. The number of carbonyl (C=O) groups excluding carboxylic acids is 1. The normalized spacial score (nSPS) is 11.4. The van der Waals surface area contributed by atoms with Gasteiger partial charge in [0.25, 0.3) is 0 Å². The van der Waals surface area contributed by atoms with Gasteiger partial charge in [0.2, 0.25) is 0 Å². The molecule has 0 aromatic heterocycles. The second-order valence-electron chi connectivity index (χ2n) is 4.48. The SMILES string of the molecule is C=CCCCN(C)C(=O)NC(C(=O)O)c1ccccc1. The van der Waals surface area contributed by atoms with Crippen LogP contribution in [0.3, 0.4) is 0 Å². The van der Waals surface area contributed by atoms with Gasteiger partial charge in [-0.25, -0.2) is 9.59 Å². The lowest BCUT2D eigenvalue weighted by Crippen LogP contribution is -2.42. The third kappa shape index (κ3) is 4.76. The first-order valence-electron chi connectivity index (χ1n) is 6.46. The van der Waals surface area contributed by atoms with Crippen LogP contribution >= 0.6 is 0 Å². The van der Waals surface area contributed by atoms with E-state index < -0.39 is 18.0 Å². The van der Waals surface area contributed by atoms with Crippen molar-refractivity contribution in [1.82, 2.24) is 10.2 Å². The number of allylic oxidation sites excluding steroid dienone is 1. The lowest BCUT2D eigenvalue weighted by atomic mass is 10.1. The number of hydrogen-bond acceptors (Lipinski definition) is 2. The van der Waals surface area contributed by atoms with Crippen LogP contribution in [0.25, 0.3) is 0 Å². The fourth-order valence-electron chi connectivity index (χ4n) is 1.74. The molecule has 1 atom stereocenters. The van der Waals surface area contributed by atoms with E-state index in [1.807, 2.05) is 0 Å². The van der Waals surface area contributed by atoms with Crippen LogP contribution < -0.4 is 5.32 Å². The lowest BCUT2D eigenvalue weighted by Gasteiger charge is -2.21. The molecule has 0 bridgehead atoms. The summed E-state index contributed by atoms with van der Waals surface area (Å²) in [5.74, 6) is -1.08. The second kappa shape index (κ2) is 7.99. The molecule has 0 heterocycles. The monoisotopic (exact) mass is 276 g/mol. The van der Waals surface area contributed by atoms with Crippen molar-refractivity contribution in [2.75, 3.05) is 13.6 Å². The minimum absolute atomic E-state index is 0.398. The number of unbranched alkanes of at least 4 members (excludes halogenated alkanes) is 1. The van der Waals surface area contributed by atoms with Crippen molar-refractivity contribution in [3.05, 3.63) is 48.6 Å². The molecular weight excluding hydrogens is 256 g/mol. The van der Waals surface area contributed by atoms with Gasteiger partial charge in [0.1, 0.15) is 0 Å². The smallest absolute Gasteiger partial charge is 0.330 e. The Labute approximate surface area is 118 Å². The van der Waals surface area contributed by atoms with E-state index >= 15 is 0 Å². The predicted octanol–water partition coefficient (Wildman–Crippen LogP) is 2.42. The van der Waals surface area contributed by atoms with Gasteiger partial charge in [0.15, 0.2) is 6.04 Å². The Kier molecular flexibility index (Phi) is 6.29. The summed E-state index contributed by atoms with van der Waals surface area (Å²) < 4.78 is 0. The van der Waals surface area contributed by atoms with Crippen LogP contribution in [-0.2, 0) is 4.79 Å². The van der Waals surface area contributed by atoms with E-state index in [1.165, 1.54) is 4.90 Å². The lowest BCUT2D eigenvalue weighted by molar-refractivity contribution is -0.139. The van der Waals surface area contributed by atoms with E-state index in [0.29, 0.717) is 12.1 Å². The quantitative estimate of drug-likeness (QED) is 0.593. The number of benzene rings is 1. The van der Waals surface area contributed by atoms with Crippen LogP contribution in [0.2, 0.25) is 0 Å². The van der Waals surface area contributed by atoms with Crippen molar-refractivity contribution in [2.45, 2.75) is 18.9 Å². The largest absolute Gasteiger partial charge is 0.479 e. The molecular formula is C15H20N2O3. The molecule has 1 unspecified atom stereocenters. The molecule has 2 N–H and O–H groups in total. The first-order chi connectivity index (χ1) is 9.56. The zero-order valence-corrected chi connectivity index (χ0v) is 11.6. The summed E-state index contributed by atoms with van der Waals surface area (Å²) in [6.45, 7) is 4.17. The molecule has 2 amide bonds. The second-order valence-corrected chi connectivity index (χ2v) is 4.48. The molecule has 5 nitrogen and oxygen atoms in total. The number of nitrogens with one attached hydrogen (secondary N) is 1. The van der Waals surface area contributed by atoms with Crippen LogP contribution in [0.4, 0.5) is 4.79 Å². The van der Waals surface area contributed by atoms with Crippen LogP contribution in [-0.4, -0.2) is 35.6 Å². The van der Waals surface area contributed by atoms with E-state index in [2.05, 4.69) is 11.9 Å². The predicted molar refractivity (Wildman–Crippen MR) is 77.4 cm³/mol. The highest BCUT2D eigenvalue weighted by molar-refractivity contribution is 5.83. The zero-order valence-electron chi connectivity index (χ0n) is 11.6. The molecule has 0 spiro atoms. The Hall–Kier alpha value is -2.30. The number of hydrogen-bond donors (Lipinski definition) is 2. The van der Waals surface area contributed by atoms with Gasteiger partial charge in [-0.3, -0.25) is 0 Å². The molecule has 0 radical (unpaired) electrons. The summed E-state index contributed by atoms with van der Waals surface area (Å²) in [5.41, 5.74) is 0.549. The highest BCUT2D eigenvalue weighted by atomic mass is 16.4. The van der Waals surface area contributed by atoms with Crippen LogP contribution in [0.5, 0.6) is 0 Å². The fraction of sp³-hybridized carbons (Fsp3) is 0.333. The van der Waals surface area contributed by atoms with E-state index in [-0.39, 0.29) is 0 Å². The van der Waals surface area contributed by atoms with E-state index in [9.17, 15) is 14.7 Å². The molecule has 1 aromatic rings. The molecule has 0 aliphatic rings. The van der Waals surface area contributed by atoms with E-state index in [1.54, 1.807) is 43.5 Å². The summed E-state index contributed by atoms with van der Waals surface area (Å²) in [5, 5.41) is 11.7. The molecule has 0 fully saturated rings. The summed E-state index contributed by atoms with van der Waals surface area (Å²) in [6.07, 6.45) is 3.41. The molecule has 0 saturated carbocycles. The maximum absolute atomic E-state index is 12.0. The van der Waals surface area contributed by atoms with Crippen molar-refractivity contribution >= 4 is 12.0 Å². The number of nitrogens with zero attached hydrogens (tertiary/aromatic N) is 1. The summed E-state index contributed by atoms with van der Waals surface area (Å²) in [4.78, 5) is 24.7. The third-order valence-corrected chi connectivity index (χ3v) is 2.90. The maximum atomic E-state index is 12.0. The van der Waals surface area contributed by atoms with Crippen LogP contribution in [0, 0.1) is 0 Å². The number of carboxylic acid groups (broad SMARTS) is 1. The van der Waals surface area contributed by atoms with Gasteiger partial charge >= 0.3 is 12.0 Å². The number of carbonyl (C=O) groups is 2. The van der Waals surface area contributed by atoms with Gasteiger partial charge in [-0.15, -0.1) is 6.58 Å². The number of urea groups is 1. The highest BCUT2D eigenvalue weighted by Crippen LogP contribution is 2.13. The molecule has 5 heteroatoms. The summed E-state index contributed by atoms with van der Waals surface area (Å²) >= 11 is 0. The van der Waals surface area contributed by atoms with Crippen molar-refractivity contribution < 1.29 is 14.7 Å². The number of carboxylic acids is 1. The topological polar surface area (TPSA) is 69.6 Å². The van der Waals surface area contributed by atoms with Gasteiger partial charge in [0, 0.05) is 13.6 Å². The summed E-state index contributed by atoms with van der Waals surface area (Å²) in [7, 11) is 1.64. The molecule has 1 aromatic carbocycles. The Bertz CT molecular complexity index is 459. The van der Waals surface area contributed by atoms with Gasteiger partial charge in [0.05, 0.1) is 0 Å². The number of amides is 2. The van der Waals surface area contributed by atoms with Crippen molar-refractivity contribution in [3.63, 3.8) is 0 Å². The number of rotatable bonds is 7. The summed E-state index contributed by atoms with van der Waals surface area (Å²) in [6, 6.07) is 7.20. The molecule has 108 valence electrons. The Balaban J connectivity index is 2.64. The minimum Gasteiger partial charge on any atom is -0.479 e. The molecule has 20 heavy (non-hydrogen) atoms.